The maximum atomic E-state index is 12.9. The Bertz CT molecular complexity index is 1100. The minimum atomic E-state index is -4.16. The molecule has 2 amide bonds. The lowest BCUT2D eigenvalue weighted by molar-refractivity contribution is -0.134. The highest BCUT2D eigenvalue weighted by molar-refractivity contribution is 7.87. The molecule has 0 aliphatic heterocycles. The van der Waals surface area contributed by atoms with Gasteiger partial charge in [-0.15, -0.1) is 0 Å². The summed E-state index contributed by atoms with van der Waals surface area (Å²) < 4.78 is 36.5. The number of hydrogen-bond donors (Lipinski definition) is 1. The van der Waals surface area contributed by atoms with Crippen molar-refractivity contribution >= 4 is 27.6 Å². The molecule has 2 rings (SSSR count). The number of nitrogens with one attached hydrogen (secondary N) is 1. The number of amides is 2. The average Bonchev–Trinajstić information content (AvgIpc) is 2.76. The Morgan fingerprint density at radius 1 is 1.03 bits per heavy atom. The molecule has 0 fully saturated rings. The topological polar surface area (TPSA) is 102 Å². The number of carbonyl (C=O) groups is 2. The molecule has 0 aliphatic rings. The number of carbonyl (C=O) groups excluding carboxylic acids is 2. The van der Waals surface area contributed by atoms with Crippen LogP contribution >= 0.6 is 0 Å². The van der Waals surface area contributed by atoms with E-state index < -0.39 is 10.1 Å². The van der Waals surface area contributed by atoms with Crippen LogP contribution in [0, 0.1) is 5.92 Å². The van der Waals surface area contributed by atoms with Crippen molar-refractivity contribution in [2.45, 2.75) is 64.9 Å². The summed E-state index contributed by atoms with van der Waals surface area (Å²) in [5, 5.41) is 2.58. The molecular weight excluding hydrogens is 456 g/mol. The molecule has 0 heterocycles. The minimum Gasteiger partial charge on any atom is -0.493 e. The second kappa shape index (κ2) is 11.9. The number of anilines is 1. The quantitative estimate of drug-likeness (QED) is 0.462. The van der Waals surface area contributed by atoms with Gasteiger partial charge in [-0.2, -0.15) is 8.42 Å². The molecule has 34 heavy (non-hydrogen) atoms. The van der Waals surface area contributed by atoms with E-state index in [9.17, 15) is 18.0 Å². The zero-order valence-electron chi connectivity index (χ0n) is 20.6. The van der Waals surface area contributed by atoms with Crippen LogP contribution in [-0.2, 0) is 26.3 Å². The fourth-order valence-electron chi connectivity index (χ4n) is 3.33. The third-order valence-electron chi connectivity index (χ3n) is 5.27. The minimum absolute atomic E-state index is 0.0311. The van der Waals surface area contributed by atoms with Gasteiger partial charge in [0.2, 0.25) is 11.8 Å². The van der Waals surface area contributed by atoms with Gasteiger partial charge in [0.1, 0.15) is 4.90 Å². The van der Waals surface area contributed by atoms with Crippen LogP contribution in [0.3, 0.4) is 0 Å². The Labute approximate surface area is 202 Å². The number of benzene rings is 2. The molecule has 1 N–H and O–H groups in total. The van der Waals surface area contributed by atoms with E-state index >= 15 is 0 Å². The summed E-state index contributed by atoms with van der Waals surface area (Å²) in [5.41, 5.74) is 1.20. The maximum Gasteiger partial charge on any atom is 0.339 e. The SMILES string of the molecule is CCC(C)N(Cc1ccc(OC)c(OS(=O)(=O)c2ccc(NC(C)=O)cc2)c1)C(=O)CC(C)C. The zero-order chi connectivity index (χ0) is 25.5. The van der Waals surface area contributed by atoms with E-state index in [-0.39, 0.29) is 40.2 Å². The van der Waals surface area contributed by atoms with Crippen molar-refractivity contribution < 1.29 is 26.9 Å². The Balaban J connectivity index is 2.31. The lowest BCUT2D eigenvalue weighted by atomic mass is 10.1. The lowest BCUT2D eigenvalue weighted by Crippen LogP contribution is -2.38. The first kappa shape index (κ1) is 27.2. The second-order valence-electron chi connectivity index (χ2n) is 8.61. The van der Waals surface area contributed by atoms with Crippen molar-refractivity contribution in [3.8, 4) is 11.5 Å². The highest BCUT2D eigenvalue weighted by Gasteiger charge is 2.23. The number of hydrogen-bond acceptors (Lipinski definition) is 6. The third kappa shape index (κ3) is 7.48. The van der Waals surface area contributed by atoms with E-state index in [2.05, 4.69) is 5.32 Å². The Kier molecular flexibility index (Phi) is 9.49. The highest BCUT2D eigenvalue weighted by Crippen LogP contribution is 2.32. The van der Waals surface area contributed by atoms with Crippen molar-refractivity contribution in [1.82, 2.24) is 4.90 Å². The Morgan fingerprint density at radius 3 is 2.21 bits per heavy atom. The van der Waals surface area contributed by atoms with Gasteiger partial charge < -0.3 is 19.1 Å². The largest absolute Gasteiger partial charge is 0.493 e. The van der Waals surface area contributed by atoms with Crippen LogP contribution in [0.4, 0.5) is 5.69 Å². The molecule has 1 atom stereocenters. The molecule has 2 aromatic rings. The van der Waals surface area contributed by atoms with Gasteiger partial charge in [-0.3, -0.25) is 9.59 Å². The van der Waals surface area contributed by atoms with Crippen LogP contribution in [0.2, 0.25) is 0 Å². The number of rotatable bonds is 11. The number of nitrogens with zero attached hydrogens (tertiary/aromatic N) is 1. The molecule has 0 bridgehead atoms. The van der Waals surface area contributed by atoms with Gasteiger partial charge in [-0.05, 0) is 61.2 Å². The smallest absolute Gasteiger partial charge is 0.339 e. The Morgan fingerprint density at radius 2 is 1.68 bits per heavy atom. The Hall–Kier alpha value is -3.07. The monoisotopic (exact) mass is 490 g/mol. The van der Waals surface area contributed by atoms with Crippen molar-refractivity contribution in [2.75, 3.05) is 12.4 Å². The van der Waals surface area contributed by atoms with E-state index in [1.165, 1.54) is 38.3 Å². The predicted molar refractivity (Wildman–Crippen MR) is 131 cm³/mol. The lowest BCUT2D eigenvalue weighted by Gasteiger charge is -2.29. The van der Waals surface area contributed by atoms with Gasteiger partial charge in [-0.1, -0.05) is 26.8 Å². The normalized spacial score (nSPS) is 12.2. The van der Waals surface area contributed by atoms with E-state index in [1.54, 1.807) is 23.1 Å². The van der Waals surface area contributed by atoms with E-state index in [0.717, 1.165) is 12.0 Å². The van der Waals surface area contributed by atoms with Gasteiger partial charge in [0.25, 0.3) is 0 Å². The average molecular weight is 491 g/mol. The first-order valence-corrected chi connectivity index (χ1v) is 12.7. The van der Waals surface area contributed by atoms with Gasteiger partial charge >= 0.3 is 10.1 Å². The van der Waals surface area contributed by atoms with Crippen LogP contribution in [0.1, 0.15) is 53.0 Å². The summed E-state index contributed by atoms with van der Waals surface area (Å²) in [5.74, 6) is 0.314. The zero-order valence-corrected chi connectivity index (χ0v) is 21.4. The number of methoxy groups -OCH3 is 1. The fourth-order valence-corrected chi connectivity index (χ4v) is 4.26. The summed E-state index contributed by atoms with van der Waals surface area (Å²) in [6, 6.07) is 10.7. The summed E-state index contributed by atoms with van der Waals surface area (Å²) in [7, 11) is -2.74. The summed E-state index contributed by atoms with van der Waals surface area (Å²) >= 11 is 0. The summed E-state index contributed by atoms with van der Waals surface area (Å²) in [6.45, 7) is 9.71. The molecule has 0 saturated heterocycles. The standard InChI is InChI=1S/C25H34N2O6S/c1-7-18(4)27(25(29)14-17(2)3)16-20-8-13-23(32-6)24(15-20)33-34(30,31)22-11-9-21(10-12-22)26-19(5)28/h8-13,15,17-18H,7,14,16H2,1-6H3,(H,26,28). The molecule has 0 aliphatic carbocycles. The second-order valence-corrected chi connectivity index (χ2v) is 10.2. The molecule has 1 unspecified atom stereocenters. The van der Waals surface area contributed by atoms with Gasteiger partial charge in [0.05, 0.1) is 7.11 Å². The molecule has 0 saturated carbocycles. The molecule has 9 heteroatoms. The molecule has 0 radical (unpaired) electrons. The van der Waals surface area contributed by atoms with Gasteiger partial charge in [-0.25, -0.2) is 0 Å². The maximum absolute atomic E-state index is 12.9. The van der Waals surface area contributed by atoms with E-state index in [1.807, 2.05) is 27.7 Å². The summed E-state index contributed by atoms with van der Waals surface area (Å²) in [4.78, 5) is 25.7. The molecule has 186 valence electrons. The first-order chi connectivity index (χ1) is 16.0. The van der Waals surface area contributed by atoms with Crippen LogP contribution in [0.15, 0.2) is 47.4 Å². The van der Waals surface area contributed by atoms with Gasteiger partial charge in [0, 0.05) is 31.6 Å². The van der Waals surface area contributed by atoms with Crippen LogP contribution < -0.4 is 14.2 Å². The molecular formula is C25H34N2O6S. The van der Waals surface area contributed by atoms with Crippen molar-refractivity contribution in [2.24, 2.45) is 5.92 Å². The van der Waals surface area contributed by atoms with Crippen LogP contribution in [-0.4, -0.2) is 38.3 Å². The highest BCUT2D eigenvalue weighted by atomic mass is 32.2. The molecule has 8 nitrogen and oxygen atoms in total. The van der Waals surface area contributed by atoms with E-state index in [0.29, 0.717) is 18.7 Å². The van der Waals surface area contributed by atoms with Crippen molar-refractivity contribution in [1.29, 1.82) is 0 Å². The molecule has 0 spiro atoms. The third-order valence-corrected chi connectivity index (χ3v) is 6.52. The fraction of sp³-hybridized carbons (Fsp3) is 0.440. The van der Waals surface area contributed by atoms with Crippen LogP contribution in [0.25, 0.3) is 0 Å². The number of ether oxygens (including phenoxy) is 1. The van der Waals surface area contributed by atoms with Gasteiger partial charge in [0.15, 0.2) is 11.5 Å². The van der Waals surface area contributed by atoms with Crippen LogP contribution in [0.5, 0.6) is 11.5 Å². The van der Waals surface area contributed by atoms with Crippen molar-refractivity contribution in [3.05, 3.63) is 48.0 Å². The predicted octanol–water partition coefficient (Wildman–Crippen LogP) is 4.59. The van der Waals surface area contributed by atoms with E-state index in [4.69, 9.17) is 8.92 Å². The first-order valence-electron chi connectivity index (χ1n) is 11.2. The van der Waals surface area contributed by atoms with Crippen molar-refractivity contribution in [3.63, 3.8) is 0 Å². The molecule has 2 aromatic carbocycles. The molecule has 0 aromatic heterocycles. The summed E-state index contributed by atoms with van der Waals surface area (Å²) in [6.07, 6.45) is 1.24.